The van der Waals surface area contributed by atoms with Crippen LogP contribution in [-0.2, 0) is 6.42 Å². The molecule has 2 aliphatic rings. The second-order valence-electron chi connectivity index (χ2n) is 5.92. The van der Waals surface area contributed by atoms with E-state index in [1.807, 2.05) is 0 Å². The van der Waals surface area contributed by atoms with E-state index in [0.29, 0.717) is 11.6 Å². The predicted molar refractivity (Wildman–Crippen MR) is 67.4 cm³/mol. The number of hydrogen-bond donors (Lipinski definition) is 1. The minimum absolute atomic E-state index is 0.210. The van der Waals surface area contributed by atoms with Crippen molar-refractivity contribution < 1.29 is 8.78 Å². The minimum Gasteiger partial charge on any atom is -0.313 e. The van der Waals surface area contributed by atoms with E-state index in [0.717, 1.165) is 31.9 Å². The first kappa shape index (κ1) is 12.1. The van der Waals surface area contributed by atoms with Crippen molar-refractivity contribution in [1.29, 1.82) is 0 Å². The van der Waals surface area contributed by atoms with Gasteiger partial charge in [0.2, 0.25) is 0 Å². The maximum absolute atomic E-state index is 13.7. The molecule has 3 rings (SSSR count). The molecule has 3 heteroatoms. The molecule has 18 heavy (non-hydrogen) atoms. The monoisotopic (exact) mass is 251 g/mol. The molecule has 0 unspecified atom stereocenters. The Hall–Kier alpha value is -0.960. The normalized spacial score (nSPS) is 21.7. The highest BCUT2D eigenvalue weighted by Gasteiger charge is 2.38. The summed E-state index contributed by atoms with van der Waals surface area (Å²) in [6.07, 6.45) is 6.84. The van der Waals surface area contributed by atoms with Crippen LogP contribution in [0.25, 0.3) is 0 Å². The summed E-state index contributed by atoms with van der Waals surface area (Å²) in [4.78, 5) is 0. The molecule has 0 bridgehead atoms. The average Bonchev–Trinajstić information content (AvgIpc) is 3.08. The second-order valence-corrected chi connectivity index (χ2v) is 5.92. The van der Waals surface area contributed by atoms with Crippen LogP contribution in [0.1, 0.15) is 37.7 Å². The van der Waals surface area contributed by atoms with Crippen LogP contribution in [0.15, 0.2) is 18.2 Å². The van der Waals surface area contributed by atoms with Crippen LogP contribution in [0, 0.1) is 17.0 Å². The Labute approximate surface area is 107 Å². The Morgan fingerprint density at radius 2 is 2.00 bits per heavy atom. The van der Waals surface area contributed by atoms with E-state index >= 15 is 0 Å². The van der Waals surface area contributed by atoms with Crippen molar-refractivity contribution in [2.45, 2.75) is 44.6 Å². The number of hydrogen-bond acceptors (Lipinski definition) is 1. The van der Waals surface area contributed by atoms with Gasteiger partial charge in [0.15, 0.2) is 0 Å². The van der Waals surface area contributed by atoms with Gasteiger partial charge in [-0.2, -0.15) is 0 Å². The van der Waals surface area contributed by atoms with Crippen molar-refractivity contribution in [2.24, 2.45) is 5.41 Å². The number of benzene rings is 1. The molecule has 1 nitrogen and oxygen atoms in total. The molecule has 1 aromatic carbocycles. The van der Waals surface area contributed by atoms with E-state index in [9.17, 15) is 8.78 Å². The van der Waals surface area contributed by atoms with Gasteiger partial charge in [-0.25, -0.2) is 8.78 Å². The molecule has 2 fully saturated rings. The highest BCUT2D eigenvalue weighted by atomic mass is 19.1. The predicted octanol–water partition coefficient (Wildman–Crippen LogP) is 3.43. The van der Waals surface area contributed by atoms with Gasteiger partial charge in [0.25, 0.3) is 0 Å². The van der Waals surface area contributed by atoms with Crippen molar-refractivity contribution in [2.75, 3.05) is 6.54 Å². The Morgan fingerprint density at radius 1 is 1.22 bits per heavy atom. The SMILES string of the molecule is Fc1ccc(CC2(CNC3CC3)CCC2)c(F)c1. The summed E-state index contributed by atoms with van der Waals surface area (Å²) in [6, 6.07) is 4.65. The van der Waals surface area contributed by atoms with Gasteiger partial charge in [-0.3, -0.25) is 0 Å². The molecule has 2 aliphatic carbocycles. The van der Waals surface area contributed by atoms with E-state index < -0.39 is 11.6 Å². The lowest BCUT2D eigenvalue weighted by Crippen LogP contribution is -2.42. The summed E-state index contributed by atoms with van der Waals surface area (Å²) in [7, 11) is 0. The molecule has 0 radical (unpaired) electrons. The zero-order chi connectivity index (χ0) is 12.6. The van der Waals surface area contributed by atoms with Crippen molar-refractivity contribution >= 4 is 0 Å². The van der Waals surface area contributed by atoms with E-state index in [2.05, 4.69) is 5.32 Å². The van der Waals surface area contributed by atoms with Crippen LogP contribution >= 0.6 is 0 Å². The maximum atomic E-state index is 13.7. The smallest absolute Gasteiger partial charge is 0.129 e. The standard InChI is InChI=1S/C15H19F2N/c16-12-3-2-11(14(17)8-12)9-15(6-1-7-15)10-18-13-4-5-13/h2-3,8,13,18H,1,4-7,9-10H2. The molecule has 0 atom stereocenters. The first-order valence-corrected chi connectivity index (χ1v) is 6.84. The zero-order valence-electron chi connectivity index (χ0n) is 10.5. The molecule has 0 heterocycles. The average molecular weight is 251 g/mol. The highest BCUT2D eigenvalue weighted by Crippen LogP contribution is 2.44. The summed E-state index contributed by atoms with van der Waals surface area (Å²) >= 11 is 0. The third kappa shape index (κ3) is 2.56. The Balaban J connectivity index is 1.68. The second kappa shape index (κ2) is 4.61. The van der Waals surface area contributed by atoms with Gasteiger partial charge < -0.3 is 5.32 Å². The zero-order valence-corrected chi connectivity index (χ0v) is 10.5. The van der Waals surface area contributed by atoms with Crippen molar-refractivity contribution in [3.63, 3.8) is 0 Å². The molecule has 2 saturated carbocycles. The van der Waals surface area contributed by atoms with Crippen molar-refractivity contribution in [3.05, 3.63) is 35.4 Å². The van der Waals surface area contributed by atoms with Gasteiger partial charge in [-0.15, -0.1) is 0 Å². The van der Waals surface area contributed by atoms with Crippen LogP contribution < -0.4 is 5.32 Å². The fourth-order valence-corrected chi connectivity index (χ4v) is 2.81. The van der Waals surface area contributed by atoms with Crippen LogP contribution in [-0.4, -0.2) is 12.6 Å². The van der Waals surface area contributed by atoms with Gasteiger partial charge >= 0.3 is 0 Å². The van der Waals surface area contributed by atoms with Gasteiger partial charge in [-0.1, -0.05) is 12.5 Å². The number of halogens is 2. The molecule has 1 aromatic rings. The lowest BCUT2D eigenvalue weighted by Gasteiger charge is -2.42. The topological polar surface area (TPSA) is 12.0 Å². The maximum Gasteiger partial charge on any atom is 0.129 e. The van der Waals surface area contributed by atoms with Crippen molar-refractivity contribution in [3.8, 4) is 0 Å². The molecule has 98 valence electrons. The molecular weight excluding hydrogens is 232 g/mol. The first-order valence-electron chi connectivity index (χ1n) is 6.84. The van der Waals surface area contributed by atoms with E-state index in [4.69, 9.17) is 0 Å². The molecule has 0 saturated heterocycles. The fraction of sp³-hybridized carbons (Fsp3) is 0.600. The fourth-order valence-electron chi connectivity index (χ4n) is 2.81. The van der Waals surface area contributed by atoms with E-state index in [-0.39, 0.29) is 5.41 Å². The van der Waals surface area contributed by atoms with Crippen LogP contribution in [0.5, 0.6) is 0 Å². The minimum atomic E-state index is -0.491. The summed E-state index contributed by atoms with van der Waals surface area (Å²) in [5.41, 5.74) is 0.870. The Bertz CT molecular complexity index is 436. The summed E-state index contributed by atoms with van der Waals surface area (Å²) < 4.78 is 26.6. The lowest BCUT2D eigenvalue weighted by atomic mass is 9.65. The van der Waals surface area contributed by atoms with E-state index in [1.54, 1.807) is 6.07 Å². The van der Waals surface area contributed by atoms with Gasteiger partial charge in [0.05, 0.1) is 0 Å². The Kier molecular flexibility index (Phi) is 3.10. The molecule has 0 aliphatic heterocycles. The van der Waals surface area contributed by atoms with Crippen molar-refractivity contribution in [1.82, 2.24) is 5.32 Å². The first-order chi connectivity index (χ1) is 8.67. The molecule has 1 N–H and O–H groups in total. The summed E-state index contributed by atoms with van der Waals surface area (Å²) in [5, 5.41) is 3.55. The number of nitrogens with one attached hydrogen (secondary N) is 1. The number of rotatable bonds is 5. The third-order valence-electron chi connectivity index (χ3n) is 4.34. The highest BCUT2D eigenvalue weighted by molar-refractivity contribution is 5.21. The quantitative estimate of drug-likeness (QED) is 0.845. The molecule has 0 spiro atoms. The van der Waals surface area contributed by atoms with Crippen LogP contribution in [0.2, 0.25) is 0 Å². The summed E-state index contributed by atoms with van der Waals surface area (Å²) in [5.74, 6) is -0.886. The van der Waals surface area contributed by atoms with Gasteiger partial charge in [-0.05, 0) is 49.1 Å². The lowest BCUT2D eigenvalue weighted by molar-refractivity contribution is 0.128. The molecule has 0 amide bonds. The summed E-state index contributed by atoms with van der Waals surface area (Å²) in [6.45, 7) is 0.981. The third-order valence-corrected chi connectivity index (χ3v) is 4.34. The Morgan fingerprint density at radius 3 is 2.56 bits per heavy atom. The van der Waals surface area contributed by atoms with Gasteiger partial charge in [0.1, 0.15) is 11.6 Å². The van der Waals surface area contributed by atoms with Gasteiger partial charge in [0, 0.05) is 18.7 Å². The molecule has 0 aromatic heterocycles. The van der Waals surface area contributed by atoms with E-state index in [1.165, 1.54) is 25.3 Å². The largest absolute Gasteiger partial charge is 0.313 e. The molecular formula is C15H19F2N. The van der Waals surface area contributed by atoms with Crippen LogP contribution in [0.3, 0.4) is 0 Å². The van der Waals surface area contributed by atoms with Crippen LogP contribution in [0.4, 0.5) is 8.78 Å².